The normalized spacial score (nSPS) is 15.7. The molecular formula is C25H31FN4O3S. The third kappa shape index (κ3) is 5.65. The fraction of sp³-hybridized carbons (Fsp3) is 0.440. The number of rotatable bonds is 10. The quantitative estimate of drug-likeness (QED) is 0.380. The van der Waals surface area contributed by atoms with Crippen LogP contribution in [0.25, 0.3) is 11.4 Å². The molecule has 1 aliphatic heterocycles. The van der Waals surface area contributed by atoms with Crippen LogP contribution in [0, 0.1) is 10.6 Å². The molecule has 0 radical (unpaired) electrons. The summed E-state index contributed by atoms with van der Waals surface area (Å²) in [5.74, 6) is 1.88. The largest absolute Gasteiger partial charge is 0.493 e. The number of methoxy groups -OCH3 is 1. The van der Waals surface area contributed by atoms with Crippen LogP contribution in [0.2, 0.25) is 0 Å². The highest BCUT2D eigenvalue weighted by molar-refractivity contribution is 7.71. The summed E-state index contributed by atoms with van der Waals surface area (Å²) in [6, 6.07) is 12.3. The smallest absolute Gasteiger partial charge is 0.199 e. The monoisotopic (exact) mass is 486 g/mol. The second-order valence-corrected chi connectivity index (χ2v) is 8.80. The minimum Gasteiger partial charge on any atom is -0.493 e. The minimum absolute atomic E-state index is 0.109. The maximum Gasteiger partial charge on any atom is 0.199 e. The van der Waals surface area contributed by atoms with E-state index in [1.54, 1.807) is 19.2 Å². The molecule has 1 aromatic heterocycles. The fourth-order valence-electron chi connectivity index (χ4n) is 4.18. The summed E-state index contributed by atoms with van der Waals surface area (Å²) < 4.78 is 34.9. The Morgan fingerprint density at radius 1 is 1.21 bits per heavy atom. The molecule has 1 aliphatic rings. The van der Waals surface area contributed by atoms with Crippen molar-refractivity contribution in [3.8, 4) is 22.9 Å². The highest BCUT2D eigenvalue weighted by Crippen LogP contribution is 2.28. The van der Waals surface area contributed by atoms with Gasteiger partial charge in [-0.15, -0.1) is 0 Å². The lowest BCUT2D eigenvalue weighted by Gasteiger charge is -2.18. The van der Waals surface area contributed by atoms with E-state index in [4.69, 9.17) is 31.5 Å². The van der Waals surface area contributed by atoms with Gasteiger partial charge < -0.3 is 14.2 Å². The SMILES string of the molecule is CCOc1ccc(CN(C)Cn2nc(-c3ccc(F)cc3)n(C[C@H]3CCCO3)c2=S)cc1OC. The van der Waals surface area contributed by atoms with Crippen molar-refractivity contribution < 1.29 is 18.6 Å². The Morgan fingerprint density at radius 3 is 2.68 bits per heavy atom. The number of hydrogen-bond donors (Lipinski definition) is 0. The van der Waals surface area contributed by atoms with Crippen molar-refractivity contribution in [3.05, 3.63) is 58.6 Å². The molecule has 1 fully saturated rings. The first-order valence-corrected chi connectivity index (χ1v) is 11.9. The van der Waals surface area contributed by atoms with E-state index in [0.717, 1.165) is 42.1 Å². The Labute approximate surface area is 204 Å². The Hall–Kier alpha value is -2.75. The molecule has 2 heterocycles. The maximum absolute atomic E-state index is 13.5. The zero-order chi connectivity index (χ0) is 24.1. The van der Waals surface area contributed by atoms with E-state index in [0.29, 0.717) is 36.9 Å². The first-order valence-electron chi connectivity index (χ1n) is 11.5. The molecule has 4 rings (SSSR count). The Bertz CT molecular complexity index is 1160. The molecule has 1 saturated heterocycles. The molecule has 34 heavy (non-hydrogen) atoms. The molecule has 9 heteroatoms. The van der Waals surface area contributed by atoms with Gasteiger partial charge in [0.1, 0.15) is 5.82 Å². The third-order valence-electron chi connectivity index (χ3n) is 5.79. The molecule has 0 amide bonds. The van der Waals surface area contributed by atoms with Gasteiger partial charge in [-0.1, -0.05) is 6.07 Å². The molecule has 2 aromatic carbocycles. The van der Waals surface area contributed by atoms with Crippen molar-refractivity contribution in [1.82, 2.24) is 19.2 Å². The summed E-state index contributed by atoms with van der Waals surface area (Å²) in [6.07, 6.45) is 2.15. The van der Waals surface area contributed by atoms with Crippen LogP contribution in [0.3, 0.4) is 0 Å². The number of hydrogen-bond acceptors (Lipinski definition) is 6. The first-order chi connectivity index (χ1) is 16.5. The van der Waals surface area contributed by atoms with Gasteiger partial charge >= 0.3 is 0 Å². The first kappa shape index (κ1) is 24.4. The molecule has 0 N–H and O–H groups in total. The Balaban J connectivity index is 1.56. The average Bonchev–Trinajstić information content (AvgIpc) is 3.45. The molecule has 0 spiro atoms. The van der Waals surface area contributed by atoms with Gasteiger partial charge in [0.05, 0.1) is 33.0 Å². The fourth-order valence-corrected chi connectivity index (χ4v) is 4.44. The van der Waals surface area contributed by atoms with Crippen LogP contribution in [0.1, 0.15) is 25.3 Å². The van der Waals surface area contributed by atoms with E-state index < -0.39 is 0 Å². The number of benzene rings is 2. The van der Waals surface area contributed by atoms with Crippen molar-refractivity contribution in [2.45, 2.75) is 45.6 Å². The van der Waals surface area contributed by atoms with E-state index >= 15 is 0 Å². The predicted octanol–water partition coefficient (Wildman–Crippen LogP) is 4.90. The Morgan fingerprint density at radius 2 is 2.00 bits per heavy atom. The van der Waals surface area contributed by atoms with Crippen molar-refractivity contribution in [2.75, 3.05) is 27.4 Å². The molecule has 0 unspecified atom stereocenters. The zero-order valence-corrected chi connectivity index (χ0v) is 20.7. The lowest BCUT2D eigenvalue weighted by atomic mass is 10.2. The lowest BCUT2D eigenvalue weighted by Crippen LogP contribution is -2.23. The molecule has 0 aliphatic carbocycles. The van der Waals surface area contributed by atoms with Crippen LogP contribution in [0.4, 0.5) is 4.39 Å². The molecule has 1 atom stereocenters. The summed E-state index contributed by atoms with van der Waals surface area (Å²) in [5, 5.41) is 4.82. The van der Waals surface area contributed by atoms with Crippen LogP contribution in [0.15, 0.2) is 42.5 Å². The van der Waals surface area contributed by atoms with Gasteiger partial charge in [-0.05, 0) is 81.0 Å². The second-order valence-electron chi connectivity index (χ2n) is 8.43. The van der Waals surface area contributed by atoms with Crippen molar-refractivity contribution in [3.63, 3.8) is 0 Å². The van der Waals surface area contributed by atoms with Crippen LogP contribution < -0.4 is 9.47 Å². The average molecular weight is 487 g/mol. The van der Waals surface area contributed by atoms with Gasteiger partial charge in [-0.25, -0.2) is 9.07 Å². The van der Waals surface area contributed by atoms with Gasteiger partial charge in [-0.3, -0.25) is 9.47 Å². The van der Waals surface area contributed by atoms with Crippen molar-refractivity contribution in [2.24, 2.45) is 0 Å². The molecule has 182 valence electrons. The van der Waals surface area contributed by atoms with Gasteiger partial charge in [0.25, 0.3) is 0 Å². The number of ether oxygens (including phenoxy) is 3. The molecule has 3 aromatic rings. The van der Waals surface area contributed by atoms with E-state index in [1.165, 1.54) is 12.1 Å². The summed E-state index contributed by atoms with van der Waals surface area (Å²) in [4.78, 5) is 2.13. The highest BCUT2D eigenvalue weighted by atomic mass is 32.1. The van der Waals surface area contributed by atoms with E-state index in [9.17, 15) is 4.39 Å². The van der Waals surface area contributed by atoms with E-state index in [-0.39, 0.29) is 11.9 Å². The van der Waals surface area contributed by atoms with Gasteiger partial charge in [0, 0.05) is 18.7 Å². The van der Waals surface area contributed by atoms with Gasteiger partial charge in [0.2, 0.25) is 0 Å². The highest BCUT2D eigenvalue weighted by Gasteiger charge is 2.21. The summed E-state index contributed by atoms with van der Waals surface area (Å²) in [5.41, 5.74) is 1.91. The van der Waals surface area contributed by atoms with E-state index in [2.05, 4.69) is 4.90 Å². The van der Waals surface area contributed by atoms with Gasteiger partial charge in [0.15, 0.2) is 22.1 Å². The third-order valence-corrected chi connectivity index (χ3v) is 6.22. The maximum atomic E-state index is 13.5. The van der Waals surface area contributed by atoms with E-state index in [1.807, 2.05) is 41.4 Å². The van der Waals surface area contributed by atoms with Crippen molar-refractivity contribution >= 4 is 12.2 Å². The standard InChI is InChI=1S/C25H31FN4O3S/c1-4-32-22-12-7-18(14-23(22)31-3)15-28(2)17-30-25(34)29(16-21-6-5-13-33-21)24(27-30)19-8-10-20(26)11-9-19/h7-12,14,21H,4-6,13,15-17H2,1-3H3/t21-/m1/s1. The van der Waals surface area contributed by atoms with Crippen molar-refractivity contribution in [1.29, 1.82) is 0 Å². The molecular weight excluding hydrogens is 455 g/mol. The Kier molecular flexibility index (Phi) is 7.97. The summed E-state index contributed by atoms with van der Waals surface area (Å²) >= 11 is 5.81. The van der Waals surface area contributed by atoms with Crippen LogP contribution in [-0.4, -0.2) is 52.7 Å². The zero-order valence-electron chi connectivity index (χ0n) is 19.9. The summed E-state index contributed by atoms with van der Waals surface area (Å²) in [7, 11) is 3.66. The predicted molar refractivity (Wildman–Crippen MR) is 131 cm³/mol. The van der Waals surface area contributed by atoms with Crippen LogP contribution in [0.5, 0.6) is 11.5 Å². The topological polar surface area (TPSA) is 53.7 Å². The minimum atomic E-state index is -0.280. The second kappa shape index (κ2) is 11.1. The van der Waals surface area contributed by atoms with Gasteiger partial charge in [-0.2, -0.15) is 5.10 Å². The number of halogens is 1. The molecule has 7 nitrogen and oxygen atoms in total. The summed E-state index contributed by atoms with van der Waals surface area (Å²) in [6.45, 7) is 5.11. The number of aromatic nitrogens is 3. The van der Waals surface area contributed by atoms with Crippen LogP contribution in [-0.2, 0) is 24.5 Å². The molecule has 0 bridgehead atoms. The van der Waals surface area contributed by atoms with Crippen LogP contribution >= 0.6 is 12.2 Å². The lowest BCUT2D eigenvalue weighted by molar-refractivity contribution is 0.0967. The molecule has 0 saturated carbocycles. The number of nitrogens with zero attached hydrogens (tertiary/aromatic N) is 4.